The van der Waals surface area contributed by atoms with Crippen LogP contribution in [0.1, 0.15) is 12.0 Å². The van der Waals surface area contributed by atoms with Crippen LogP contribution in [0.5, 0.6) is 11.5 Å². The number of methoxy groups -OCH3 is 1. The lowest BCUT2D eigenvalue weighted by Crippen LogP contribution is -2.40. The summed E-state index contributed by atoms with van der Waals surface area (Å²) in [7, 11) is 1.51. The number of benzene rings is 1. The first-order chi connectivity index (χ1) is 7.58. The van der Waals surface area contributed by atoms with Gasteiger partial charge in [-0.1, -0.05) is 0 Å². The van der Waals surface area contributed by atoms with Crippen molar-refractivity contribution >= 4 is 5.97 Å². The molecule has 86 valence electrons. The molecule has 16 heavy (non-hydrogen) atoms. The molecule has 0 radical (unpaired) electrons. The molecule has 1 unspecified atom stereocenters. The summed E-state index contributed by atoms with van der Waals surface area (Å²) < 4.78 is 10.3. The number of carboxylic acids is 1. The van der Waals surface area contributed by atoms with Gasteiger partial charge in [0.15, 0.2) is 5.60 Å². The molecule has 0 bridgehead atoms. The van der Waals surface area contributed by atoms with Gasteiger partial charge in [0.25, 0.3) is 0 Å². The molecule has 1 heterocycles. The Hall–Kier alpha value is -1.75. The number of ether oxygens (including phenoxy) is 2. The van der Waals surface area contributed by atoms with E-state index in [-0.39, 0.29) is 18.6 Å². The van der Waals surface area contributed by atoms with Gasteiger partial charge in [-0.15, -0.1) is 0 Å². The van der Waals surface area contributed by atoms with Crippen molar-refractivity contribution in [3.63, 3.8) is 0 Å². The first-order valence-corrected chi connectivity index (χ1v) is 4.85. The largest absolute Gasteiger partial charge is 0.497 e. The number of carboxylic acid groups (broad SMARTS) is 1. The van der Waals surface area contributed by atoms with Crippen molar-refractivity contribution in [2.24, 2.45) is 0 Å². The van der Waals surface area contributed by atoms with E-state index in [4.69, 9.17) is 14.6 Å². The van der Waals surface area contributed by atoms with Crippen LogP contribution in [-0.2, 0) is 10.4 Å². The fourth-order valence-electron chi connectivity index (χ4n) is 1.76. The summed E-state index contributed by atoms with van der Waals surface area (Å²) in [5, 5.41) is 19.1. The standard InChI is InChI=1S/C11H12O5/c1-15-7-2-3-8-9(6-7)16-5-4-11(8,14)10(12)13/h2-3,6,14H,4-5H2,1H3,(H,12,13). The molecule has 1 aromatic rings. The van der Waals surface area contributed by atoms with Gasteiger partial charge < -0.3 is 19.7 Å². The van der Waals surface area contributed by atoms with Gasteiger partial charge in [0.05, 0.1) is 13.7 Å². The number of fused-ring (bicyclic) bond motifs is 1. The summed E-state index contributed by atoms with van der Waals surface area (Å²) in [6, 6.07) is 4.69. The van der Waals surface area contributed by atoms with E-state index in [9.17, 15) is 9.90 Å². The minimum atomic E-state index is -1.86. The molecular weight excluding hydrogens is 212 g/mol. The van der Waals surface area contributed by atoms with Crippen molar-refractivity contribution < 1.29 is 24.5 Å². The van der Waals surface area contributed by atoms with Crippen LogP contribution in [-0.4, -0.2) is 29.9 Å². The van der Waals surface area contributed by atoms with E-state index in [0.717, 1.165) is 0 Å². The lowest BCUT2D eigenvalue weighted by Gasteiger charge is -2.30. The summed E-state index contributed by atoms with van der Waals surface area (Å²) in [6.45, 7) is 0.170. The highest BCUT2D eigenvalue weighted by Crippen LogP contribution is 2.39. The average molecular weight is 224 g/mol. The predicted molar refractivity (Wildman–Crippen MR) is 54.6 cm³/mol. The SMILES string of the molecule is COc1ccc2c(c1)OCCC2(O)C(=O)O. The molecule has 5 heteroatoms. The van der Waals surface area contributed by atoms with Crippen LogP contribution in [0.3, 0.4) is 0 Å². The van der Waals surface area contributed by atoms with Gasteiger partial charge >= 0.3 is 5.97 Å². The van der Waals surface area contributed by atoms with E-state index in [1.807, 2.05) is 0 Å². The van der Waals surface area contributed by atoms with Gasteiger partial charge in [-0.2, -0.15) is 0 Å². The third-order valence-corrected chi connectivity index (χ3v) is 2.71. The molecule has 0 aliphatic carbocycles. The van der Waals surface area contributed by atoms with Crippen LogP contribution in [0.15, 0.2) is 18.2 Å². The summed E-state index contributed by atoms with van der Waals surface area (Å²) in [6.07, 6.45) is 0.0433. The van der Waals surface area contributed by atoms with Crippen molar-refractivity contribution in [3.8, 4) is 11.5 Å². The Morgan fingerprint density at radius 3 is 2.94 bits per heavy atom. The maximum Gasteiger partial charge on any atom is 0.340 e. The second-order valence-corrected chi connectivity index (χ2v) is 3.63. The van der Waals surface area contributed by atoms with E-state index >= 15 is 0 Å². The highest BCUT2D eigenvalue weighted by molar-refractivity contribution is 5.80. The maximum absolute atomic E-state index is 11.1. The lowest BCUT2D eigenvalue weighted by molar-refractivity contribution is -0.162. The number of carbonyl (C=O) groups is 1. The van der Waals surface area contributed by atoms with E-state index in [2.05, 4.69) is 0 Å². The molecule has 1 aliphatic rings. The normalized spacial score (nSPS) is 23.1. The molecule has 1 atom stereocenters. The Morgan fingerprint density at radius 2 is 2.31 bits per heavy atom. The fraction of sp³-hybridized carbons (Fsp3) is 0.364. The minimum Gasteiger partial charge on any atom is -0.497 e. The van der Waals surface area contributed by atoms with E-state index < -0.39 is 11.6 Å². The van der Waals surface area contributed by atoms with Crippen molar-refractivity contribution in [1.29, 1.82) is 0 Å². The predicted octanol–water partition coefficient (Wildman–Crippen LogP) is 0.750. The van der Waals surface area contributed by atoms with Crippen LogP contribution < -0.4 is 9.47 Å². The van der Waals surface area contributed by atoms with Crippen molar-refractivity contribution in [1.82, 2.24) is 0 Å². The Kier molecular flexibility index (Phi) is 2.47. The first kappa shape index (κ1) is 10.8. The van der Waals surface area contributed by atoms with Gasteiger partial charge in [0.2, 0.25) is 0 Å². The number of hydrogen-bond acceptors (Lipinski definition) is 4. The van der Waals surface area contributed by atoms with Gasteiger partial charge in [-0.3, -0.25) is 0 Å². The van der Waals surface area contributed by atoms with E-state index in [1.165, 1.54) is 13.2 Å². The highest BCUT2D eigenvalue weighted by atomic mass is 16.5. The third-order valence-electron chi connectivity index (χ3n) is 2.71. The summed E-state index contributed by atoms with van der Waals surface area (Å²) in [5.41, 5.74) is -1.59. The maximum atomic E-state index is 11.1. The highest BCUT2D eigenvalue weighted by Gasteiger charge is 2.43. The quantitative estimate of drug-likeness (QED) is 0.775. The smallest absolute Gasteiger partial charge is 0.340 e. The molecule has 0 saturated carbocycles. The molecule has 2 rings (SSSR count). The molecule has 5 nitrogen and oxygen atoms in total. The lowest BCUT2D eigenvalue weighted by atomic mass is 9.88. The molecule has 0 aromatic heterocycles. The van der Waals surface area contributed by atoms with Crippen LogP contribution in [0.4, 0.5) is 0 Å². The van der Waals surface area contributed by atoms with Crippen molar-refractivity contribution in [2.75, 3.05) is 13.7 Å². The molecule has 0 spiro atoms. The van der Waals surface area contributed by atoms with Crippen LogP contribution in [0.25, 0.3) is 0 Å². The zero-order valence-electron chi connectivity index (χ0n) is 8.77. The number of aliphatic hydroxyl groups is 1. The van der Waals surface area contributed by atoms with E-state index in [1.54, 1.807) is 12.1 Å². The zero-order valence-corrected chi connectivity index (χ0v) is 8.77. The Labute approximate surface area is 92.2 Å². The monoisotopic (exact) mass is 224 g/mol. The fourth-order valence-corrected chi connectivity index (χ4v) is 1.76. The zero-order chi connectivity index (χ0) is 11.8. The van der Waals surface area contributed by atoms with Gasteiger partial charge in [-0.25, -0.2) is 4.79 Å². The van der Waals surface area contributed by atoms with Crippen LogP contribution >= 0.6 is 0 Å². The van der Waals surface area contributed by atoms with Gasteiger partial charge in [-0.05, 0) is 12.1 Å². The molecule has 1 aliphatic heterocycles. The average Bonchev–Trinajstić information content (AvgIpc) is 2.28. The molecule has 1 aromatic carbocycles. The number of hydrogen-bond donors (Lipinski definition) is 2. The molecule has 2 N–H and O–H groups in total. The van der Waals surface area contributed by atoms with Crippen LogP contribution in [0, 0.1) is 0 Å². The second-order valence-electron chi connectivity index (χ2n) is 3.63. The Morgan fingerprint density at radius 1 is 1.56 bits per heavy atom. The molecule has 0 saturated heterocycles. The Balaban J connectivity index is 2.51. The Bertz CT molecular complexity index is 428. The van der Waals surface area contributed by atoms with Crippen molar-refractivity contribution in [2.45, 2.75) is 12.0 Å². The number of aliphatic carboxylic acids is 1. The summed E-state index contributed by atoms with van der Waals surface area (Å²) >= 11 is 0. The molecule has 0 fully saturated rings. The number of rotatable bonds is 2. The van der Waals surface area contributed by atoms with Gasteiger partial charge in [0.1, 0.15) is 11.5 Å². The topological polar surface area (TPSA) is 76.0 Å². The van der Waals surface area contributed by atoms with Crippen molar-refractivity contribution in [3.05, 3.63) is 23.8 Å². The van der Waals surface area contributed by atoms with Gasteiger partial charge in [0, 0.05) is 18.1 Å². The second kappa shape index (κ2) is 3.68. The summed E-state index contributed by atoms with van der Waals surface area (Å²) in [4.78, 5) is 11.1. The summed E-state index contributed by atoms with van der Waals surface area (Å²) in [5.74, 6) is -0.342. The van der Waals surface area contributed by atoms with Crippen LogP contribution in [0.2, 0.25) is 0 Å². The molecular formula is C11H12O5. The van der Waals surface area contributed by atoms with E-state index in [0.29, 0.717) is 11.5 Å². The third kappa shape index (κ3) is 1.49. The molecule has 0 amide bonds. The minimum absolute atomic E-state index is 0.0433. The first-order valence-electron chi connectivity index (χ1n) is 4.85.